The highest BCUT2D eigenvalue weighted by atomic mass is 79.9. The van der Waals surface area contributed by atoms with Gasteiger partial charge < -0.3 is 10.6 Å². The van der Waals surface area contributed by atoms with Crippen molar-refractivity contribution in [3.8, 4) is 0 Å². The molecule has 0 aliphatic rings. The quantitative estimate of drug-likeness (QED) is 0.848. The number of nitrogens with zero attached hydrogens (tertiary/aromatic N) is 1. The predicted molar refractivity (Wildman–Crippen MR) is 82.9 cm³/mol. The Balaban J connectivity index is 1.83. The summed E-state index contributed by atoms with van der Waals surface area (Å²) in [4.78, 5) is 3.72. The van der Waals surface area contributed by atoms with Crippen molar-refractivity contribution in [3.63, 3.8) is 0 Å². The summed E-state index contributed by atoms with van der Waals surface area (Å²) in [5, 5.41) is 0. The highest BCUT2D eigenvalue weighted by molar-refractivity contribution is 9.11. The van der Waals surface area contributed by atoms with Gasteiger partial charge in [-0.25, -0.2) is 0 Å². The molecule has 0 radical (unpaired) electrons. The Morgan fingerprint density at radius 2 is 2.11 bits per heavy atom. The first-order valence-corrected chi connectivity index (χ1v) is 7.51. The van der Waals surface area contributed by atoms with Crippen molar-refractivity contribution in [2.24, 2.45) is 0 Å². The lowest BCUT2D eigenvalue weighted by atomic mass is 10.1. The molecule has 4 heteroatoms. The first kappa shape index (κ1) is 13.6. The molecule has 0 bridgehead atoms. The highest BCUT2D eigenvalue weighted by Crippen LogP contribution is 2.23. The van der Waals surface area contributed by atoms with Gasteiger partial charge in [0.15, 0.2) is 0 Å². The largest absolute Gasteiger partial charge is 0.399 e. The molecule has 0 amide bonds. The number of anilines is 1. The Labute approximate surface area is 121 Å². The van der Waals surface area contributed by atoms with Gasteiger partial charge >= 0.3 is 0 Å². The molecule has 0 aliphatic carbocycles. The minimum Gasteiger partial charge on any atom is -0.399 e. The van der Waals surface area contributed by atoms with Crippen LogP contribution in [0.3, 0.4) is 0 Å². The summed E-state index contributed by atoms with van der Waals surface area (Å²) in [6, 6.07) is 12.4. The van der Waals surface area contributed by atoms with E-state index in [1.54, 1.807) is 11.3 Å². The normalized spacial score (nSPS) is 11.1. The summed E-state index contributed by atoms with van der Waals surface area (Å²) in [6.45, 7) is 2.04. The van der Waals surface area contributed by atoms with E-state index in [4.69, 9.17) is 5.73 Å². The fraction of sp³-hybridized carbons (Fsp3) is 0.286. The average molecular weight is 325 g/mol. The number of rotatable bonds is 5. The van der Waals surface area contributed by atoms with Crippen LogP contribution in [0.25, 0.3) is 0 Å². The molecule has 2 nitrogen and oxygen atoms in total. The van der Waals surface area contributed by atoms with Crippen LogP contribution in [-0.4, -0.2) is 18.5 Å². The van der Waals surface area contributed by atoms with E-state index in [0.29, 0.717) is 0 Å². The zero-order valence-corrected chi connectivity index (χ0v) is 12.8. The molecule has 0 saturated carbocycles. The molecular weight excluding hydrogens is 308 g/mol. The van der Waals surface area contributed by atoms with Gasteiger partial charge in [-0.2, -0.15) is 0 Å². The molecule has 1 aromatic heterocycles. The molecule has 0 fully saturated rings. The predicted octanol–water partition coefficient (Wildman–Crippen LogP) is 3.77. The van der Waals surface area contributed by atoms with Crippen LogP contribution < -0.4 is 5.73 Å². The maximum atomic E-state index is 5.77. The topological polar surface area (TPSA) is 29.3 Å². The third-order valence-corrected chi connectivity index (χ3v) is 4.40. The van der Waals surface area contributed by atoms with Crippen LogP contribution in [0.15, 0.2) is 40.2 Å². The highest BCUT2D eigenvalue weighted by Gasteiger charge is 2.03. The summed E-state index contributed by atoms with van der Waals surface area (Å²) < 4.78 is 1.20. The number of hydrogen-bond donors (Lipinski definition) is 1. The number of thiophene rings is 1. The van der Waals surface area contributed by atoms with Crippen LogP contribution in [0.2, 0.25) is 0 Å². The van der Waals surface area contributed by atoms with E-state index in [1.807, 2.05) is 12.1 Å². The van der Waals surface area contributed by atoms with Gasteiger partial charge in [0.05, 0.1) is 3.79 Å². The van der Waals surface area contributed by atoms with Crippen molar-refractivity contribution in [2.45, 2.75) is 13.0 Å². The van der Waals surface area contributed by atoms with Gasteiger partial charge in [0, 0.05) is 23.7 Å². The second-order valence-corrected chi connectivity index (χ2v) is 6.99. The smallest absolute Gasteiger partial charge is 0.0701 e. The monoisotopic (exact) mass is 324 g/mol. The van der Waals surface area contributed by atoms with Crippen molar-refractivity contribution in [1.82, 2.24) is 4.90 Å². The minimum absolute atomic E-state index is 0.845. The summed E-state index contributed by atoms with van der Waals surface area (Å²) >= 11 is 5.29. The number of nitrogen functional groups attached to an aromatic ring is 1. The van der Waals surface area contributed by atoms with Gasteiger partial charge in [0.25, 0.3) is 0 Å². The van der Waals surface area contributed by atoms with Gasteiger partial charge in [0.2, 0.25) is 0 Å². The SMILES string of the molecule is CN(CCc1cccc(N)c1)Cc1ccc(Br)s1. The van der Waals surface area contributed by atoms with Crippen LogP contribution in [0.1, 0.15) is 10.4 Å². The van der Waals surface area contributed by atoms with Crippen molar-refractivity contribution in [1.29, 1.82) is 0 Å². The third kappa shape index (κ3) is 4.12. The van der Waals surface area contributed by atoms with Crippen LogP contribution in [0, 0.1) is 0 Å². The summed E-state index contributed by atoms with van der Waals surface area (Å²) in [7, 11) is 2.15. The van der Waals surface area contributed by atoms with Gasteiger partial charge in [-0.05, 0) is 59.2 Å². The second kappa shape index (κ2) is 6.36. The van der Waals surface area contributed by atoms with Gasteiger partial charge in [0.1, 0.15) is 0 Å². The molecule has 2 N–H and O–H groups in total. The lowest BCUT2D eigenvalue weighted by Crippen LogP contribution is -2.20. The summed E-state index contributed by atoms with van der Waals surface area (Å²) in [5.41, 5.74) is 7.92. The Morgan fingerprint density at radius 1 is 1.28 bits per heavy atom. The van der Waals surface area contributed by atoms with Crippen molar-refractivity contribution >= 4 is 33.0 Å². The van der Waals surface area contributed by atoms with E-state index in [1.165, 1.54) is 14.2 Å². The fourth-order valence-electron chi connectivity index (χ4n) is 1.85. The Bertz CT molecular complexity index is 510. The van der Waals surface area contributed by atoms with Gasteiger partial charge in [-0.15, -0.1) is 11.3 Å². The van der Waals surface area contributed by atoms with E-state index in [0.717, 1.165) is 25.2 Å². The van der Waals surface area contributed by atoms with E-state index >= 15 is 0 Å². The molecular formula is C14H17BrN2S. The standard InChI is InChI=1S/C14H17BrN2S/c1-17(10-13-5-6-14(15)18-13)8-7-11-3-2-4-12(16)9-11/h2-6,9H,7-8,10,16H2,1H3. The number of nitrogens with two attached hydrogens (primary N) is 1. The Morgan fingerprint density at radius 3 is 2.78 bits per heavy atom. The number of halogens is 1. The number of hydrogen-bond acceptors (Lipinski definition) is 3. The molecule has 1 heterocycles. The fourth-order valence-corrected chi connectivity index (χ4v) is 3.41. The van der Waals surface area contributed by atoms with E-state index in [9.17, 15) is 0 Å². The van der Waals surface area contributed by atoms with E-state index < -0.39 is 0 Å². The zero-order valence-electron chi connectivity index (χ0n) is 10.4. The Hall–Kier alpha value is -0.840. The van der Waals surface area contributed by atoms with Crippen LogP contribution in [0.4, 0.5) is 5.69 Å². The zero-order chi connectivity index (χ0) is 13.0. The molecule has 0 unspecified atom stereocenters. The van der Waals surface area contributed by atoms with Gasteiger partial charge in [-0.3, -0.25) is 0 Å². The first-order valence-electron chi connectivity index (χ1n) is 5.90. The van der Waals surface area contributed by atoms with Crippen molar-refractivity contribution < 1.29 is 0 Å². The van der Waals surface area contributed by atoms with Crippen LogP contribution in [-0.2, 0) is 13.0 Å². The number of benzene rings is 1. The molecule has 2 rings (SSSR count). The second-order valence-electron chi connectivity index (χ2n) is 4.44. The molecule has 0 atom stereocenters. The van der Waals surface area contributed by atoms with Crippen LogP contribution >= 0.6 is 27.3 Å². The third-order valence-electron chi connectivity index (χ3n) is 2.79. The van der Waals surface area contributed by atoms with Crippen LogP contribution in [0.5, 0.6) is 0 Å². The molecule has 2 aromatic rings. The molecule has 0 spiro atoms. The molecule has 0 aliphatic heterocycles. The Kier molecular flexibility index (Phi) is 4.80. The average Bonchev–Trinajstić information content (AvgIpc) is 2.72. The van der Waals surface area contributed by atoms with Crippen molar-refractivity contribution in [3.05, 3.63) is 50.6 Å². The number of likely N-dealkylation sites (N-methyl/N-ethyl adjacent to an activating group) is 1. The summed E-state index contributed by atoms with van der Waals surface area (Å²) in [6.07, 6.45) is 1.04. The molecule has 18 heavy (non-hydrogen) atoms. The first-order chi connectivity index (χ1) is 8.63. The van der Waals surface area contributed by atoms with E-state index in [2.05, 4.69) is 52.1 Å². The maximum absolute atomic E-state index is 5.77. The molecule has 0 saturated heterocycles. The van der Waals surface area contributed by atoms with Crippen molar-refractivity contribution in [2.75, 3.05) is 19.3 Å². The van der Waals surface area contributed by atoms with Gasteiger partial charge in [-0.1, -0.05) is 12.1 Å². The molecule has 96 valence electrons. The lowest BCUT2D eigenvalue weighted by molar-refractivity contribution is 0.334. The summed E-state index contributed by atoms with van der Waals surface area (Å²) in [5.74, 6) is 0. The maximum Gasteiger partial charge on any atom is 0.0701 e. The minimum atomic E-state index is 0.845. The molecule has 1 aromatic carbocycles. The lowest BCUT2D eigenvalue weighted by Gasteiger charge is -2.15. The van der Waals surface area contributed by atoms with E-state index in [-0.39, 0.29) is 0 Å².